The number of benzene rings is 1. The first-order chi connectivity index (χ1) is 9.79. The maximum Gasteiger partial charge on any atom is 0.291 e. The highest BCUT2D eigenvalue weighted by Gasteiger charge is 2.20. The number of nitrogens with zero attached hydrogens (tertiary/aromatic N) is 2. The molecule has 0 amide bonds. The predicted octanol–water partition coefficient (Wildman–Crippen LogP) is 3.40. The van der Waals surface area contributed by atoms with E-state index in [1.54, 1.807) is 12.1 Å². The molecular formula is C12H13F2N3O2S2. The van der Waals surface area contributed by atoms with E-state index < -0.39 is 21.5 Å². The Balaban J connectivity index is 2.27. The maximum atomic E-state index is 12.4. The zero-order chi connectivity index (χ0) is 15.6. The van der Waals surface area contributed by atoms with Gasteiger partial charge in [-0.25, -0.2) is 17.2 Å². The van der Waals surface area contributed by atoms with Crippen LogP contribution in [0.4, 0.5) is 13.9 Å². The number of nitrogens with one attached hydrogen (secondary N) is 1. The molecule has 2 rings (SSSR count). The molecule has 0 aliphatic rings. The average molecular weight is 333 g/mol. The molecule has 0 unspecified atom stereocenters. The SMILES string of the molecule is CC(C)c1cccc(S(=O)(=O)Nc2nnc(C(F)F)s2)c1. The molecule has 0 radical (unpaired) electrons. The van der Waals surface area contributed by atoms with E-state index in [2.05, 4.69) is 14.9 Å². The second kappa shape index (κ2) is 6.02. The highest BCUT2D eigenvalue weighted by atomic mass is 32.2. The first kappa shape index (κ1) is 15.8. The summed E-state index contributed by atoms with van der Waals surface area (Å²) in [7, 11) is -3.87. The van der Waals surface area contributed by atoms with Gasteiger partial charge in [0.1, 0.15) is 0 Å². The molecule has 9 heteroatoms. The van der Waals surface area contributed by atoms with Crippen molar-refractivity contribution in [3.63, 3.8) is 0 Å². The molecule has 1 aromatic carbocycles. The van der Waals surface area contributed by atoms with Crippen LogP contribution in [0.15, 0.2) is 29.2 Å². The summed E-state index contributed by atoms with van der Waals surface area (Å²) in [6.45, 7) is 3.89. The summed E-state index contributed by atoms with van der Waals surface area (Å²) in [5.41, 5.74) is 0.864. The summed E-state index contributed by atoms with van der Waals surface area (Å²) >= 11 is 0.511. The maximum absolute atomic E-state index is 12.4. The Hall–Kier alpha value is -1.61. The van der Waals surface area contributed by atoms with Crippen molar-refractivity contribution in [1.82, 2.24) is 10.2 Å². The summed E-state index contributed by atoms with van der Waals surface area (Å²) in [6.07, 6.45) is -2.77. The first-order valence-electron chi connectivity index (χ1n) is 6.04. The number of halogens is 2. The molecule has 0 spiro atoms. The number of anilines is 1. The molecule has 0 bridgehead atoms. The molecule has 2 aromatic rings. The third-order valence-corrected chi connectivity index (χ3v) is 5.00. The van der Waals surface area contributed by atoms with Crippen LogP contribution >= 0.6 is 11.3 Å². The molecule has 0 aliphatic carbocycles. The normalized spacial score (nSPS) is 12.1. The molecule has 1 aromatic heterocycles. The van der Waals surface area contributed by atoms with Crippen molar-refractivity contribution >= 4 is 26.5 Å². The lowest BCUT2D eigenvalue weighted by molar-refractivity contribution is 0.150. The van der Waals surface area contributed by atoms with Crippen molar-refractivity contribution in [2.24, 2.45) is 0 Å². The van der Waals surface area contributed by atoms with Crippen molar-refractivity contribution < 1.29 is 17.2 Å². The average Bonchev–Trinajstić information content (AvgIpc) is 2.87. The van der Waals surface area contributed by atoms with Crippen molar-refractivity contribution in [2.75, 3.05) is 4.72 Å². The van der Waals surface area contributed by atoms with Gasteiger partial charge in [-0.3, -0.25) is 4.72 Å². The Morgan fingerprint density at radius 2 is 1.95 bits per heavy atom. The van der Waals surface area contributed by atoms with E-state index in [9.17, 15) is 17.2 Å². The van der Waals surface area contributed by atoms with Crippen molar-refractivity contribution in [3.05, 3.63) is 34.8 Å². The van der Waals surface area contributed by atoms with Crippen molar-refractivity contribution in [1.29, 1.82) is 0 Å². The van der Waals surface area contributed by atoms with Gasteiger partial charge in [-0.1, -0.05) is 37.3 Å². The Kier molecular flexibility index (Phi) is 4.52. The summed E-state index contributed by atoms with van der Waals surface area (Å²) in [5, 5.41) is 5.93. The molecule has 0 saturated heterocycles. The molecule has 0 aliphatic heterocycles. The number of hydrogen-bond donors (Lipinski definition) is 1. The van der Waals surface area contributed by atoms with Crippen LogP contribution in [-0.4, -0.2) is 18.6 Å². The Labute approximate surface area is 125 Å². The number of rotatable bonds is 5. The Bertz CT molecular complexity index is 730. The topological polar surface area (TPSA) is 72.0 Å². The minimum Gasteiger partial charge on any atom is -0.253 e. The summed E-state index contributed by atoms with van der Waals surface area (Å²) in [4.78, 5) is 0.0579. The number of alkyl halides is 2. The fourth-order valence-electron chi connectivity index (χ4n) is 1.58. The lowest BCUT2D eigenvalue weighted by atomic mass is 10.0. The Morgan fingerprint density at radius 3 is 2.52 bits per heavy atom. The van der Waals surface area contributed by atoms with E-state index in [1.165, 1.54) is 6.07 Å². The standard InChI is InChI=1S/C12H13F2N3O2S2/c1-7(2)8-4-3-5-9(6-8)21(18,19)17-12-16-15-11(20-12)10(13)14/h3-7,10H,1-2H3,(H,16,17). The van der Waals surface area contributed by atoms with Gasteiger partial charge in [0.15, 0.2) is 5.01 Å². The minimum atomic E-state index is -3.87. The number of aromatic nitrogens is 2. The molecule has 1 N–H and O–H groups in total. The van der Waals surface area contributed by atoms with Crippen LogP contribution in [-0.2, 0) is 10.0 Å². The largest absolute Gasteiger partial charge is 0.291 e. The molecule has 114 valence electrons. The van der Waals surface area contributed by atoms with Crippen LogP contribution in [0.1, 0.15) is 36.8 Å². The van der Waals surface area contributed by atoms with Crippen molar-refractivity contribution in [3.8, 4) is 0 Å². The molecule has 0 saturated carbocycles. The van der Waals surface area contributed by atoms with Crippen molar-refractivity contribution in [2.45, 2.75) is 31.1 Å². The third kappa shape index (κ3) is 3.73. The van der Waals surface area contributed by atoms with Crippen LogP contribution in [0.25, 0.3) is 0 Å². The second-order valence-electron chi connectivity index (χ2n) is 4.58. The first-order valence-corrected chi connectivity index (χ1v) is 8.34. The van der Waals surface area contributed by atoms with Crippen LogP contribution in [0.3, 0.4) is 0 Å². The van der Waals surface area contributed by atoms with Crippen LogP contribution in [0.2, 0.25) is 0 Å². The van der Waals surface area contributed by atoms with Gasteiger partial charge in [0, 0.05) is 0 Å². The van der Waals surface area contributed by atoms with Crippen LogP contribution in [0.5, 0.6) is 0 Å². The highest BCUT2D eigenvalue weighted by molar-refractivity contribution is 7.93. The van der Waals surface area contributed by atoms with Gasteiger partial charge in [-0.05, 0) is 23.6 Å². The van der Waals surface area contributed by atoms with E-state index in [1.807, 2.05) is 19.9 Å². The lowest BCUT2D eigenvalue weighted by Gasteiger charge is -2.09. The number of hydrogen-bond acceptors (Lipinski definition) is 5. The molecule has 1 heterocycles. The number of sulfonamides is 1. The molecule has 5 nitrogen and oxygen atoms in total. The minimum absolute atomic E-state index is 0.0579. The van der Waals surface area contributed by atoms with E-state index >= 15 is 0 Å². The molecule has 0 fully saturated rings. The van der Waals surface area contributed by atoms with E-state index in [4.69, 9.17) is 0 Å². The van der Waals surface area contributed by atoms with E-state index in [0.717, 1.165) is 5.56 Å². The quantitative estimate of drug-likeness (QED) is 0.910. The third-order valence-electron chi connectivity index (χ3n) is 2.68. The smallest absolute Gasteiger partial charge is 0.253 e. The van der Waals surface area contributed by atoms with Gasteiger partial charge in [0.25, 0.3) is 16.4 Å². The highest BCUT2D eigenvalue weighted by Crippen LogP contribution is 2.27. The van der Waals surface area contributed by atoms with Gasteiger partial charge >= 0.3 is 0 Å². The molecule has 0 atom stereocenters. The Morgan fingerprint density at radius 1 is 1.24 bits per heavy atom. The second-order valence-corrected chi connectivity index (χ2v) is 7.27. The predicted molar refractivity (Wildman–Crippen MR) is 76.2 cm³/mol. The van der Waals surface area contributed by atoms with Crippen LogP contribution in [0, 0.1) is 0 Å². The zero-order valence-corrected chi connectivity index (χ0v) is 12.9. The summed E-state index contributed by atoms with van der Waals surface area (Å²) in [6, 6.07) is 6.43. The van der Waals surface area contributed by atoms with E-state index in [-0.39, 0.29) is 15.9 Å². The van der Waals surface area contributed by atoms with Gasteiger partial charge < -0.3 is 0 Å². The van der Waals surface area contributed by atoms with E-state index in [0.29, 0.717) is 11.3 Å². The fraction of sp³-hybridized carbons (Fsp3) is 0.333. The van der Waals surface area contributed by atoms with Gasteiger partial charge in [0.2, 0.25) is 5.13 Å². The fourth-order valence-corrected chi connectivity index (χ4v) is 3.46. The summed E-state index contributed by atoms with van der Waals surface area (Å²) < 4.78 is 51.4. The van der Waals surface area contributed by atoms with Crippen LogP contribution < -0.4 is 4.72 Å². The lowest BCUT2D eigenvalue weighted by Crippen LogP contribution is -2.13. The van der Waals surface area contributed by atoms with Gasteiger partial charge in [-0.15, -0.1) is 10.2 Å². The molecule has 21 heavy (non-hydrogen) atoms. The van der Waals surface area contributed by atoms with Gasteiger partial charge in [0.05, 0.1) is 4.90 Å². The molecular weight excluding hydrogens is 320 g/mol. The zero-order valence-electron chi connectivity index (χ0n) is 11.2. The monoisotopic (exact) mass is 333 g/mol. The summed E-state index contributed by atoms with van der Waals surface area (Å²) in [5.74, 6) is 0.173. The van der Waals surface area contributed by atoms with Gasteiger partial charge in [-0.2, -0.15) is 0 Å².